The quantitative estimate of drug-likeness (QED) is 0.396. The normalized spacial score (nSPS) is 23.3. The lowest BCUT2D eigenvalue weighted by Crippen LogP contribution is -2.75. The molecule has 0 bridgehead atoms. The number of amides is 2. The van der Waals surface area contributed by atoms with E-state index in [1.54, 1.807) is 0 Å². The molecular weight excluding hydrogens is 534 g/mol. The van der Waals surface area contributed by atoms with Gasteiger partial charge < -0.3 is 15.3 Å². The summed E-state index contributed by atoms with van der Waals surface area (Å²) >= 11 is 0. The van der Waals surface area contributed by atoms with Gasteiger partial charge in [0.2, 0.25) is 11.8 Å². The van der Waals surface area contributed by atoms with Crippen molar-refractivity contribution in [2.45, 2.75) is 88.4 Å². The summed E-state index contributed by atoms with van der Waals surface area (Å²) in [5, 5.41) is 14.3. The molecule has 1 saturated carbocycles. The van der Waals surface area contributed by atoms with Gasteiger partial charge >= 0.3 is 0 Å². The van der Waals surface area contributed by atoms with Crippen LogP contribution in [-0.2, 0) is 9.59 Å². The zero-order valence-electron chi connectivity index (χ0n) is 24.3. The van der Waals surface area contributed by atoms with Crippen LogP contribution in [0.4, 0.5) is 0 Å². The van der Waals surface area contributed by atoms with Crippen LogP contribution in [0.15, 0.2) is 66.7 Å². The maximum absolute atomic E-state index is 14.0. The second kappa shape index (κ2) is 14.5. The zero-order valence-corrected chi connectivity index (χ0v) is 25.1. The highest BCUT2D eigenvalue weighted by molar-refractivity contribution is 6.00. The minimum absolute atomic E-state index is 0. The fourth-order valence-electron chi connectivity index (χ4n) is 6.99. The average Bonchev–Trinajstić information content (AvgIpc) is 3.01. The molecule has 3 fully saturated rings. The van der Waals surface area contributed by atoms with Gasteiger partial charge in [-0.05, 0) is 49.1 Å². The molecule has 1 aliphatic carbocycles. The molecule has 0 aromatic heterocycles. The van der Waals surface area contributed by atoms with Crippen LogP contribution in [0.1, 0.15) is 81.9 Å². The number of carbonyl (C=O) groups is 2. The van der Waals surface area contributed by atoms with Crippen LogP contribution >= 0.6 is 12.4 Å². The molecule has 222 valence electrons. The lowest BCUT2D eigenvalue weighted by molar-refractivity contribution is -0.166. The van der Waals surface area contributed by atoms with Gasteiger partial charge in [0.25, 0.3) is 0 Å². The van der Waals surface area contributed by atoms with E-state index in [1.165, 1.54) is 12.0 Å². The fourth-order valence-corrected chi connectivity index (χ4v) is 6.99. The molecule has 2 saturated heterocycles. The first kappa shape index (κ1) is 31.3. The van der Waals surface area contributed by atoms with E-state index in [-0.39, 0.29) is 36.2 Å². The third-order valence-corrected chi connectivity index (χ3v) is 9.40. The van der Waals surface area contributed by atoms with Gasteiger partial charge in [-0.25, -0.2) is 0 Å². The van der Waals surface area contributed by atoms with Gasteiger partial charge in [-0.2, -0.15) is 0 Å². The number of hydrogen-bond donors (Lipinski definition) is 2. The monoisotopic (exact) mass is 579 g/mol. The zero-order chi connectivity index (χ0) is 28.0. The number of halogens is 1. The van der Waals surface area contributed by atoms with E-state index < -0.39 is 17.7 Å². The third kappa shape index (κ3) is 6.87. The van der Waals surface area contributed by atoms with E-state index in [2.05, 4.69) is 65.7 Å². The van der Waals surface area contributed by atoms with Crippen molar-refractivity contribution in [3.8, 4) is 0 Å². The van der Waals surface area contributed by atoms with E-state index in [0.717, 1.165) is 44.1 Å². The molecule has 2 aromatic carbocycles. The van der Waals surface area contributed by atoms with Crippen molar-refractivity contribution >= 4 is 30.3 Å². The van der Waals surface area contributed by atoms with E-state index in [0.29, 0.717) is 32.5 Å². The molecular formula is C34H46ClN3O3. The molecule has 2 N–H and O–H groups in total. The van der Waals surface area contributed by atoms with Crippen LogP contribution in [0.3, 0.4) is 0 Å². The van der Waals surface area contributed by atoms with E-state index >= 15 is 0 Å². The van der Waals surface area contributed by atoms with Crippen LogP contribution in [0.2, 0.25) is 0 Å². The lowest BCUT2D eigenvalue weighted by atomic mass is 9.77. The lowest BCUT2D eigenvalue weighted by Gasteiger charge is -2.53. The standard InChI is InChI=1S/C34H45N3O3.ClH/c1-2-3-23-37-32(39)30(31(38)28-17-11-6-12-18-28)35-33(40)34(37)21-24-36(25-22-34)29(27-15-9-5-10-16-27)20-19-26-13-7-4-8-14-26;/h4-5,7-10,13-16,19-20,28-31,38H,2-3,6,11-12,17-18,21-25H2,1H3,(H,35,40);1H/t29?,30-,31-;/m1./s1. The van der Waals surface area contributed by atoms with Crippen molar-refractivity contribution in [2.75, 3.05) is 19.6 Å². The van der Waals surface area contributed by atoms with E-state index in [9.17, 15) is 14.7 Å². The average molecular weight is 580 g/mol. The number of aliphatic hydroxyl groups excluding tert-OH is 1. The Morgan fingerprint density at radius 3 is 2.24 bits per heavy atom. The number of nitrogens with one attached hydrogen (secondary N) is 1. The Kier molecular flexibility index (Phi) is 11.0. The number of nitrogens with zero attached hydrogens (tertiary/aromatic N) is 2. The summed E-state index contributed by atoms with van der Waals surface area (Å²) in [7, 11) is 0. The number of hydrogen-bond acceptors (Lipinski definition) is 4. The molecule has 3 atom stereocenters. The highest BCUT2D eigenvalue weighted by atomic mass is 35.5. The van der Waals surface area contributed by atoms with Gasteiger partial charge in [0.1, 0.15) is 11.6 Å². The van der Waals surface area contributed by atoms with Gasteiger partial charge in [-0.15, -0.1) is 12.4 Å². The van der Waals surface area contributed by atoms with Crippen LogP contribution in [0.5, 0.6) is 0 Å². The van der Waals surface area contributed by atoms with Crippen molar-refractivity contribution in [1.29, 1.82) is 0 Å². The van der Waals surface area contributed by atoms with E-state index in [1.807, 2.05) is 29.2 Å². The summed E-state index contributed by atoms with van der Waals surface area (Å²) in [6, 6.07) is 20.1. The second-order valence-electron chi connectivity index (χ2n) is 11.9. The molecule has 6 nitrogen and oxygen atoms in total. The smallest absolute Gasteiger partial charge is 0.248 e. The maximum atomic E-state index is 14.0. The largest absolute Gasteiger partial charge is 0.390 e. The summed E-state index contributed by atoms with van der Waals surface area (Å²) in [5.41, 5.74) is 1.52. The molecule has 2 aliphatic heterocycles. The minimum atomic E-state index is -0.851. The summed E-state index contributed by atoms with van der Waals surface area (Å²) in [5.74, 6) is -0.100. The number of piperazine rings is 1. The first-order valence-electron chi connectivity index (χ1n) is 15.4. The molecule has 1 spiro atoms. The predicted octanol–water partition coefficient (Wildman–Crippen LogP) is 5.77. The highest BCUT2D eigenvalue weighted by Gasteiger charge is 2.55. The van der Waals surface area contributed by atoms with Crippen LogP contribution in [0.25, 0.3) is 6.08 Å². The Morgan fingerprint density at radius 1 is 0.976 bits per heavy atom. The molecule has 2 heterocycles. The van der Waals surface area contributed by atoms with Crippen LogP contribution in [0, 0.1) is 5.92 Å². The summed E-state index contributed by atoms with van der Waals surface area (Å²) in [6.07, 6.45) is 11.8. The van der Waals surface area contributed by atoms with Crippen LogP contribution < -0.4 is 5.32 Å². The summed E-state index contributed by atoms with van der Waals surface area (Å²) in [4.78, 5) is 32.1. The Balaban J connectivity index is 0.00000387. The van der Waals surface area contributed by atoms with Gasteiger partial charge in [0.05, 0.1) is 12.1 Å². The summed E-state index contributed by atoms with van der Waals surface area (Å²) in [6.45, 7) is 4.09. The molecule has 3 aliphatic rings. The minimum Gasteiger partial charge on any atom is -0.390 e. The van der Waals surface area contributed by atoms with Crippen molar-refractivity contribution in [3.05, 3.63) is 77.9 Å². The molecule has 2 amide bonds. The number of benzene rings is 2. The number of rotatable bonds is 9. The predicted molar refractivity (Wildman–Crippen MR) is 167 cm³/mol. The highest BCUT2D eigenvalue weighted by Crippen LogP contribution is 2.38. The van der Waals surface area contributed by atoms with Crippen LogP contribution in [-0.4, -0.2) is 64.0 Å². The van der Waals surface area contributed by atoms with Crippen molar-refractivity contribution in [3.63, 3.8) is 0 Å². The molecule has 5 rings (SSSR count). The molecule has 7 heteroatoms. The number of unbranched alkanes of at least 4 members (excludes halogenated alkanes) is 1. The van der Waals surface area contributed by atoms with Gasteiger partial charge in [0, 0.05) is 19.6 Å². The van der Waals surface area contributed by atoms with Gasteiger partial charge in [-0.3, -0.25) is 14.5 Å². The Morgan fingerprint density at radius 2 is 1.61 bits per heavy atom. The number of aliphatic hydroxyl groups is 1. The van der Waals surface area contributed by atoms with Gasteiger partial charge in [-0.1, -0.05) is 105 Å². The molecule has 0 radical (unpaired) electrons. The van der Waals surface area contributed by atoms with Crippen molar-refractivity contribution in [1.82, 2.24) is 15.1 Å². The first-order valence-corrected chi connectivity index (χ1v) is 15.4. The van der Waals surface area contributed by atoms with Crippen molar-refractivity contribution < 1.29 is 14.7 Å². The Hall–Kier alpha value is -2.67. The second-order valence-corrected chi connectivity index (χ2v) is 11.9. The Labute approximate surface area is 251 Å². The van der Waals surface area contributed by atoms with Crippen molar-refractivity contribution in [2.24, 2.45) is 5.92 Å². The molecule has 2 aromatic rings. The van der Waals surface area contributed by atoms with E-state index in [4.69, 9.17) is 0 Å². The summed E-state index contributed by atoms with van der Waals surface area (Å²) < 4.78 is 0. The SMILES string of the molecule is CCCCN1C(=O)[C@@H]([C@H](O)C2CCCCC2)NC(=O)C12CCN(C(C=Cc1ccccc1)c1ccccc1)CC2.Cl. The number of likely N-dealkylation sites (tertiary alicyclic amines) is 1. The Bertz CT molecular complexity index is 1140. The third-order valence-electron chi connectivity index (χ3n) is 9.40. The molecule has 1 unspecified atom stereocenters. The number of piperidine rings is 1. The van der Waals surface area contributed by atoms with Gasteiger partial charge in [0.15, 0.2) is 0 Å². The fraction of sp³-hybridized carbons (Fsp3) is 0.529. The topological polar surface area (TPSA) is 72.9 Å². The number of carbonyl (C=O) groups excluding carboxylic acids is 2. The molecule has 41 heavy (non-hydrogen) atoms. The first-order chi connectivity index (χ1) is 19.5. The maximum Gasteiger partial charge on any atom is 0.248 e.